The van der Waals surface area contributed by atoms with Crippen molar-refractivity contribution in [3.63, 3.8) is 0 Å². The van der Waals surface area contributed by atoms with Crippen LogP contribution in [0.2, 0.25) is 0 Å². The van der Waals surface area contributed by atoms with Crippen LogP contribution in [0.25, 0.3) is 10.9 Å². The monoisotopic (exact) mass is 241 g/mol. The summed E-state index contributed by atoms with van der Waals surface area (Å²) >= 11 is 0. The molecule has 3 heteroatoms. The molecule has 1 aromatic heterocycles. The first-order valence-electron chi connectivity index (χ1n) is 6.61. The van der Waals surface area contributed by atoms with Crippen molar-refractivity contribution < 1.29 is 0 Å². The number of likely N-dealkylation sites (N-methyl/N-ethyl adjacent to an activating group) is 1. The summed E-state index contributed by atoms with van der Waals surface area (Å²) in [5, 5.41) is 4.81. The summed E-state index contributed by atoms with van der Waals surface area (Å²) < 4.78 is 0. The molecule has 1 saturated heterocycles. The average Bonchev–Trinajstić information content (AvgIpc) is 2.63. The maximum absolute atomic E-state index is 4.45. The number of hydrogen-bond acceptors (Lipinski definition) is 3. The third-order valence-electron chi connectivity index (χ3n) is 3.78. The Morgan fingerprint density at radius 2 is 2.17 bits per heavy atom. The smallest absolute Gasteiger partial charge is 0.0705 e. The van der Waals surface area contributed by atoms with E-state index in [0.29, 0.717) is 6.04 Å². The molecule has 1 unspecified atom stereocenters. The molecule has 3 rings (SSSR count). The van der Waals surface area contributed by atoms with E-state index in [-0.39, 0.29) is 0 Å². The molecule has 0 bridgehead atoms. The minimum Gasteiger partial charge on any atom is -0.315 e. The molecular weight excluding hydrogens is 222 g/mol. The van der Waals surface area contributed by atoms with E-state index < -0.39 is 0 Å². The Kier molecular flexibility index (Phi) is 3.26. The van der Waals surface area contributed by atoms with Crippen LogP contribution >= 0.6 is 0 Å². The number of nitrogens with one attached hydrogen (secondary N) is 1. The number of para-hydroxylation sites is 1. The van der Waals surface area contributed by atoms with Gasteiger partial charge in [-0.25, -0.2) is 0 Å². The van der Waals surface area contributed by atoms with Crippen LogP contribution in [0.15, 0.2) is 36.5 Å². The second kappa shape index (κ2) is 5.04. The van der Waals surface area contributed by atoms with Crippen LogP contribution in [-0.4, -0.2) is 36.6 Å². The Morgan fingerprint density at radius 1 is 1.28 bits per heavy atom. The lowest BCUT2D eigenvalue weighted by molar-refractivity contribution is 0.263. The molecule has 0 spiro atoms. The maximum atomic E-state index is 4.45. The maximum Gasteiger partial charge on any atom is 0.0705 e. The van der Waals surface area contributed by atoms with Gasteiger partial charge in [-0.15, -0.1) is 0 Å². The largest absolute Gasteiger partial charge is 0.315 e. The van der Waals surface area contributed by atoms with Gasteiger partial charge < -0.3 is 5.32 Å². The fraction of sp³-hybridized carbons (Fsp3) is 0.400. The SMILES string of the molecule is CN1CCCNCC1c1ccnc2ccccc12. The third kappa shape index (κ3) is 2.11. The van der Waals surface area contributed by atoms with Crippen molar-refractivity contribution in [3.05, 3.63) is 42.1 Å². The number of fused-ring (bicyclic) bond motifs is 1. The van der Waals surface area contributed by atoms with Crippen LogP contribution in [0.1, 0.15) is 18.0 Å². The minimum atomic E-state index is 0.445. The van der Waals surface area contributed by atoms with Crippen LogP contribution in [0.5, 0.6) is 0 Å². The molecule has 1 atom stereocenters. The van der Waals surface area contributed by atoms with E-state index in [2.05, 4.69) is 46.5 Å². The number of hydrogen-bond donors (Lipinski definition) is 1. The molecule has 18 heavy (non-hydrogen) atoms. The van der Waals surface area contributed by atoms with E-state index >= 15 is 0 Å². The number of nitrogens with zero attached hydrogens (tertiary/aromatic N) is 2. The predicted octanol–water partition coefficient (Wildman–Crippen LogP) is 2.20. The summed E-state index contributed by atoms with van der Waals surface area (Å²) in [5.74, 6) is 0. The van der Waals surface area contributed by atoms with Gasteiger partial charge >= 0.3 is 0 Å². The molecule has 1 aliphatic rings. The van der Waals surface area contributed by atoms with Gasteiger partial charge in [0.1, 0.15) is 0 Å². The molecule has 1 aliphatic heterocycles. The molecule has 94 valence electrons. The third-order valence-corrected chi connectivity index (χ3v) is 3.78. The zero-order chi connectivity index (χ0) is 12.4. The number of benzene rings is 1. The van der Waals surface area contributed by atoms with E-state index in [1.54, 1.807) is 0 Å². The first kappa shape index (κ1) is 11.6. The van der Waals surface area contributed by atoms with Gasteiger partial charge in [-0.1, -0.05) is 18.2 Å². The summed E-state index contributed by atoms with van der Waals surface area (Å²) in [6.45, 7) is 3.28. The van der Waals surface area contributed by atoms with Crippen molar-refractivity contribution in [2.45, 2.75) is 12.5 Å². The van der Waals surface area contributed by atoms with Gasteiger partial charge in [-0.05, 0) is 44.3 Å². The zero-order valence-corrected chi connectivity index (χ0v) is 10.8. The van der Waals surface area contributed by atoms with Gasteiger partial charge in [0.25, 0.3) is 0 Å². The Hall–Kier alpha value is -1.45. The quantitative estimate of drug-likeness (QED) is 0.829. The molecular formula is C15H19N3. The van der Waals surface area contributed by atoms with Crippen LogP contribution < -0.4 is 5.32 Å². The van der Waals surface area contributed by atoms with Crippen LogP contribution in [0.4, 0.5) is 0 Å². The lowest BCUT2D eigenvalue weighted by atomic mass is 10.0. The van der Waals surface area contributed by atoms with E-state index in [4.69, 9.17) is 0 Å². The zero-order valence-electron chi connectivity index (χ0n) is 10.8. The van der Waals surface area contributed by atoms with Gasteiger partial charge in [0.2, 0.25) is 0 Å². The fourth-order valence-corrected chi connectivity index (χ4v) is 2.76. The van der Waals surface area contributed by atoms with E-state index in [1.165, 1.54) is 17.4 Å². The minimum absolute atomic E-state index is 0.445. The second-order valence-corrected chi connectivity index (χ2v) is 4.97. The fourth-order valence-electron chi connectivity index (χ4n) is 2.76. The summed E-state index contributed by atoms with van der Waals surface area (Å²) in [7, 11) is 2.22. The molecule has 0 amide bonds. The molecule has 2 aromatic rings. The Labute approximate surface area is 108 Å². The topological polar surface area (TPSA) is 28.2 Å². The van der Waals surface area contributed by atoms with Crippen LogP contribution in [0.3, 0.4) is 0 Å². The molecule has 2 heterocycles. The highest BCUT2D eigenvalue weighted by atomic mass is 15.2. The van der Waals surface area contributed by atoms with Crippen LogP contribution in [-0.2, 0) is 0 Å². The van der Waals surface area contributed by atoms with Crippen LogP contribution in [0, 0.1) is 0 Å². The highest BCUT2D eigenvalue weighted by Crippen LogP contribution is 2.26. The van der Waals surface area contributed by atoms with Crippen molar-refractivity contribution in [2.75, 3.05) is 26.7 Å². The first-order chi connectivity index (χ1) is 8.86. The number of rotatable bonds is 1. The molecule has 1 N–H and O–H groups in total. The van der Waals surface area contributed by atoms with Gasteiger partial charge in [0.15, 0.2) is 0 Å². The number of pyridine rings is 1. The Morgan fingerprint density at radius 3 is 3.11 bits per heavy atom. The van der Waals surface area contributed by atoms with E-state index in [9.17, 15) is 0 Å². The summed E-state index contributed by atoms with van der Waals surface area (Å²) in [5.41, 5.74) is 2.48. The highest BCUT2D eigenvalue weighted by molar-refractivity contribution is 5.82. The van der Waals surface area contributed by atoms with Gasteiger partial charge in [0.05, 0.1) is 5.52 Å². The molecule has 1 aromatic carbocycles. The van der Waals surface area contributed by atoms with E-state index in [1.807, 2.05) is 12.3 Å². The molecule has 0 saturated carbocycles. The average molecular weight is 241 g/mol. The van der Waals surface area contributed by atoms with Gasteiger partial charge in [-0.3, -0.25) is 9.88 Å². The Bertz CT molecular complexity index is 533. The second-order valence-electron chi connectivity index (χ2n) is 4.97. The van der Waals surface area contributed by atoms with Crippen molar-refractivity contribution in [3.8, 4) is 0 Å². The Balaban J connectivity index is 2.07. The lowest BCUT2D eigenvalue weighted by Crippen LogP contribution is -2.29. The van der Waals surface area contributed by atoms with Crippen molar-refractivity contribution in [1.29, 1.82) is 0 Å². The van der Waals surface area contributed by atoms with Crippen molar-refractivity contribution in [1.82, 2.24) is 15.2 Å². The van der Waals surface area contributed by atoms with Gasteiger partial charge in [-0.2, -0.15) is 0 Å². The highest BCUT2D eigenvalue weighted by Gasteiger charge is 2.20. The molecule has 0 radical (unpaired) electrons. The van der Waals surface area contributed by atoms with Crippen molar-refractivity contribution >= 4 is 10.9 Å². The van der Waals surface area contributed by atoms with E-state index in [0.717, 1.165) is 25.2 Å². The summed E-state index contributed by atoms with van der Waals surface area (Å²) in [6.07, 6.45) is 3.15. The number of aromatic nitrogens is 1. The normalized spacial score (nSPS) is 21.9. The lowest BCUT2D eigenvalue weighted by Gasteiger charge is -2.26. The summed E-state index contributed by atoms with van der Waals surface area (Å²) in [4.78, 5) is 6.89. The first-order valence-corrected chi connectivity index (χ1v) is 6.61. The van der Waals surface area contributed by atoms with Crippen molar-refractivity contribution in [2.24, 2.45) is 0 Å². The molecule has 3 nitrogen and oxygen atoms in total. The molecule has 0 aliphatic carbocycles. The predicted molar refractivity (Wildman–Crippen MR) is 74.6 cm³/mol. The van der Waals surface area contributed by atoms with Gasteiger partial charge in [0, 0.05) is 24.2 Å². The molecule has 1 fully saturated rings. The summed E-state index contributed by atoms with van der Waals surface area (Å²) in [6, 6.07) is 11.0. The standard InChI is InChI=1S/C15H19N3/c1-18-10-4-8-16-11-15(18)13-7-9-17-14-6-3-2-5-12(13)14/h2-3,5-7,9,15-16H,4,8,10-11H2,1H3.